The molecule has 1 aromatic heterocycles. The number of halogens is 3. The molecule has 0 radical (unpaired) electrons. The monoisotopic (exact) mass is 395 g/mol. The molecule has 2 heterocycles. The summed E-state index contributed by atoms with van der Waals surface area (Å²) in [7, 11) is 1.65. The molecule has 1 fully saturated rings. The Morgan fingerprint density at radius 1 is 1.32 bits per heavy atom. The summed E-state index contributed by atoms with van der Waals surface area (Å²) in [5.74, 6) is 0.584. The van der Waals surface area contributed by atoms with E-state index in [2.05, 4.69) is 31.8 Å². The van der Waals surface area contributed by atoms with E-state index in [1.165, 1.54) is 11.2 Å². The molecule has 0 amide bonds. The molecular weight excluding hydrogens is 371 g/mol. The van der Waals surface area contributed by atoms with Crippen LogP contribution in [-0.4, -0.2) is 64.5 Å². The average Bonchev–Trinajstić information content (AvgIpc) is 3.29. The van der Waals surface area contributed by atoms with Crippen molar-refractivity contribution >= 4 is 5.96 Å². The molecule has 1 aromatic carbocycles. The highest BCUT2D eigenvalue weighted by molar-refractivity contribution is 5.80. The number of aromatic nitrogens is 3. The van der Waals surface area contributed by atoms with E-state index in [-0.39, 0.29) is 6.04 Å². The van der Waals surface area contributed by atoms with E-state index in [1.807, 2.05) is 18.2 Å². The highest BCUT2D eigenvalue weighted by atomic mass is 19.4. The summed E-state index contributed by atoms with van der Waals surface area (Å²) in [6.45, 7) is 1.11. The molecule has 0 spiro atoms. The Hall–Kier alpha value is -2.62. The number of nitrogens with one attached hydrogen (secondary N) is 2. The maximum Gasteiger partial charge on any atom is 0.401 e. The van der Waals surface area contributed by atoms with Crippen LogP contribution >= 0.6 is 0 Å². The normalized spacial score (nSPS) is 18.4. The van der Waals surface area contributed by atoms with Crippen LogP contribution in [-0.2, 0) is 13.1 Å². The minimum absolute atomic E-state index is 0.0489. The van der Waals surface area contributed by atoms with Crippen molar-refractivity contribution in [3.05, 3.63) is 48.0 Å². The first kappa shape index (κ1) is 20.1. The lowest BCUT2D eigenvalue weighted by Crippen LogP contribution is -2.44. The molecule has 2 N–H and O–H groups in total. The first-order chi connectivity index (χ1) is 13.4. The lowest BCUT2D eigenvalue weighted by Gasteiger charge is -2.20. The topological polar surface area (TPSA) is 70.4 Å². The van der Waals surface area contributed by atoms with Gasteiger partial charge in [-0.1, -0.05) is 24.3 Å². The summed E-state index contributed by atoms with van der Waals surface area (Å²) in [5.41, 5.74) is 2.18. The van der Waals surface area contributed by atoms with Gasteiger partial charge in [-0.25, -0.2) is 9.67 Å². The number of hydrogen-bond acceptors (Lipinski definition) is 4. The Morgan fingerprint density at radius 2 is 2.14 bits per heavy atom. The Bertz CT molecular complexity index is 774. The molecule has 1 saturated heterocycles. The van der Waals surface area contributed by atoms with E-state index in [4.69, 9.17) is 0 Å². The maximum atomic E-state index is 12.5. The zero-order valence-electron chi connectivity index (χ0n) is 15.7. The van der Waals surface area contributed by atoms with Crippen molar-refractivity contribution in [1.29, 1.82) is 0 Å². The van der Waals surface area contributed by atoms with E-state index >= 15 is 0 Å². The van der Waals surface area contributed by atoms with Crippen molar-refractivity contribution in [3.63, 3.8) is 0 Å². The van der Waals surface area contributed by atoms with Gasteiger partial charge in [0, 0.05) is 32.7 Å². The number of aliphatic imine (C=N–C) groups is 1. The Balaban J connectivity index is 1.48. The smallest absolute Gasteiger partial charge is 0.352 e. The molecule has 1 atom stereocenters. The summed E-state index contributed by atoms with van der Waals surface area (Å²) in [6, 6.07) is 8.03. The molecule has 1 aliphatic heterocycles. The number of rotatable bonds is 6. The fourth-order valence-electron chi connectivity index (χ4n) is 3.26. The van der Waals surface area contributed by atoms with Gasteiger partial charge in [0.2, 0.25) is 0 Å². The van der Waals surface area contributed by atoms with Gasteiger partial charge in [0.25, 0.3) is 0 Å². The van der Waals surface area contributed by atoms with Crippen molar-refractivity contribution in [3.8, 4) is 0 Å². The Morgan fingerprint density at radius 3 is 2.86 bits per heavy atom. The van der Waals surface area contributed by atoms with E-state index in [0.717, 1.165) is 11.1 Å². The van der Waals surface area contributed by atoms with Crippen LogP contribution in [0.1, 0.15) is 17.5 Å². The lowest BCUT2D eigenvalue weighted by atomic mass is 10.1. The number of hydrogen-bond donors (Lipinski definition) is 2. The van der Waals surface area contributed by atoms with Crippen LogP contribution in [0.4, 0.5) is 13.2 Å². The van der Waals surface area contributed by atoms with Crippen molar-refractivity contribution in [2.24, 2.45) is 4.99 Å². The summed E-state index contributed by atoms with van der Waals surface area (Å²) in [5, 5.41) is 10.5. The minimum atomic E-state index is -4.16. The fraction of sp³-hybridized carbons (Fsp3) is 0.500. The molecule has 0 bridgehead atoms. The maximum absolute atomic E-state index is 12.5. The van der Waals surface area contributed by atoms with Gasteiger partial charge in [0.15, 0.2) is 5.96 Å². The van der Waals surface area contributed by atoms with E-state index in [0.29, 0.717) is 38.6 Å². The summed E-state index contributed by atoms with van der Waals surface area (Å²) in [4.78, 5) is 9.53. The van der Waals surface area contributed by atoms with Crippen LogP contribution in [0.15, 0.2) is 41.9 Å². The first-order valence-electron chi connectivity index (χ1n) is 9.08. The number of guanidine groups is 1. The Labute approximate surface area is 161 Å². The Kier molecular flexibility index (Phi) is 6.50. The van der Waals surface area contributed by atoms with Crippen LogP contribution < -0.4 is 10.6 Å². The summed E-state index contributed by atoms with van der Waals surface area (Å²) >= 11 is 0. The third-order valence-corrected chi connectivity index (χ3v) is 4.50. The minimum Gasteiger partial charge on any atom is -0.352 e. The van der Waals surface area contributed by atoms with Crippen molar-refractivity contribution in [2.75, 3.05) is 26.7 Å². The van der Waals surface area contributed by atoms with Crippen molar-refractivity contribution < 1.29 is 13.2 Å². The standard InChI is InChI=1S/C18H24F3N7/c1-22-17(26-16-5-6-27(10-16)11-18(19,20)21)24-8-14-3-2-4-15(7-14)9-28-13-23-12-25-28/h2-4,7,12-13,16H,5-6,8-11H2,1H3,(H2,22,24,26). The fourth-order valence-corrected chi connectivity index (χ4v) is 3.26. The zero-order chi connectivity index (χ0) is 20.0. The largest absolute Gasteiger partial charge is 0.401 e. The van der Waals surface area contributed by atoms with Gasteiger partial charge in [-0.15, -0.1) is 0 Å². The first-order valence-corrected chi connectivity index (χ1v) is 9.08. The SMILES string of the molecule is CN=C(NCc1cccc(Cn2cncn2)c1)NC1CCN(CC(F)(F)F)C1. The van der Waals surface area contributed by atoms with E-state index in [9.17, 15) is 13.2 Å². The zero-order valence-corrected chi connectivity index (χ0v) is 15.7. The van der Waals surface area contributed by atoms with Gasteiger partial charge in [-0.05, 0) is 17.5 Å². The highest BCUT2D eigenvalue weighted by Crippen LogP contribution is 2.19. The highest BCUT2D eigenvalue weighted by Gasteiger charge is 2.34. The number of likely N-dealkylation sites (tertiary alicyclic amines) is 1. The van der Waals surface area contributed by atoms with Gasteiger partial charge in [0.1, 0.15) is 12.7 Å². The summed E-state index contributed by atoms with van der Waals surface area (Å²) in [6.07, 6.45) is -0.337. The second kappa shape index (κ2) is 9.05. The molecule has 3 rings (SSSR count). The molecule has 0 aliphatic carbocycles. The number of alkyl halides is 3. The van der Waals surface area contributed by atoms with Crippen LogP contribution in [0.2, 0.25) is 0 Å². The molecule has 10 heteroatoms. The molecular formula is C18H24F3N7. The van der Waals surface area contributed by atoms with E-state index in [1.54, 1.807) is 18.1 Å². The van der Waals surface area contributed by atoms with Crippen LogP contribution in [0.5, 0.6) is 0 Å². The van der Waals surface area contributed by atoms with Crippen molar-refractivity contribution in [2.45, 2.75) is 31.7 Å². The van der Waals surface area contributed by atoms with Gasteiger partial charge < -0.3 is 10.6 Å². The van der Waals surface area contributed by atoms with Gasteiger partial charge >= 0.3 is 6.18 Å². The third-order valence-electron chi connectivity index (χ3n) is 4.50. The molecule has 28 heavy (non-hydrogen) atoms. The van der Waals surface area contributed by atoms with Crippen LogP contribution in [0, 0.1) is 0 Å². The van der Waals surface area contributed by atoms with Crippen LogP contribution in [0.3, 0.4) is 0 Å². The van der Waals surface area contributed by atoms with Gasteiger partial charge in [0.05, 0.1) is 13.1 Å². The number of nitrogens with zero attached hydrogens (tertiary/aromatic N) is 5. The third kappa shape index (κ3) is 6.22. The van der Waals surface area contributed by atoms with Gasteiger partial charge in [-0.2, -0.15) is 18.3 Å². The lowest BCUT2D eigenvalue weighted by molar-refractivity contribution is -0.143. The molecule has 1 aliphatic rings. The molecule has 2 aromatic rings. The second-order valence-corrected chi connectivity index (χ2v) is 6.82. The average molecular weight is 395 g/mol. The predicted octanol–water partition coefficient (Wildman–Crippen LogP) is 1.63. The molecule has 0 saturated carbocycles. The van der Waals surface area contributed by atoms with Gasteiger partial charge in [-0.3, -0.25) is 9.89 Å². The molecule has 7 nitrogen and oxygen atoms in total. The van der Waals surface area contributed by atoms with E-state index < -0.39 is 12.7 Å². The van der Waals surface area contributed by atoms with Crippen LogP contribution in [0.25, 0.3) is 0 Å². The molecule has 1 unspecified atom stereocenters. The summed E-state index contributed by atoms with van der Waals surface area (Å²) < 4.78 is 39.3. The second-order valence-electron chi connectivity index (χ2n) is 6.82. The molecule has 152 valence electrons. The van der Waals surface area contributed by atoms with Crippen molar-refractivity contribution in [1.82, 2.24) is 30.3 Å². The number of benzene rings is 1. The quantitative estimate of drug-likeness (QED) is 0.575. The predicted molar refractivity (Wildman–Crippen MR) is 99.8 cm³/mol.